The van der Waals surface area contributed by atoms with Crippen LogP contribution in [0.4, 0.5) is 11.4 Å². The van der Waals surface area contributed by atoms with E-state index in [-0.39, 0.29) is 10.9 Å². The van der Waals surface area contributed by atoms with Crippen LogP contribution < -0.4 is 14.8 Å². The van der Waals surface area contributed by atoms with Crippen LogP contribution in [0.2, 0.25) is 0 Å². The smallest absolute Gasteiger partial charge is 0.288 e. The molecule has 138 valence electrons. The average molecular weight is 394 g/mol. The van der Waals surface area contributed by atoms with Crippen molar-refractivity contribution in [3.8, 4) is 0 Å². The third kappa shape index (κ3) is 4.58. The fraction of sp³-hybridized carbons (Fsp3) is 0.250. The number of aryl methyl sites for hydroxylation is 2. The van der Waals surface area contributed by atoms with E-state index in [2.05, 4.69) is 10.3 Å². The third-order valence-electron chi connectivity index (χ3n) is 3.29. The number of aromatic nitrogens is 2. The maximum atomic E-state index is 12.2. The molecule has 0 fully saturated rings. The van der Waals surface area contributed by atoms with E-state index >= 15 is 0 Å². The first kappa shape index (κ1) is 19.9. The highest BCUT2D eigenvalue weighted by Crippen LogP contribution is 2.42. The van der Waals surface area contributed by atoms with E-state index in [0.29, 0.717) is 25.9 Å². The second-order valence-corrected chi connectivity index (χ2v) is 7.41. The summed E-state index contributed by atoms with van der Waals surface area (Å²) in [5.41, 5.74) is 2.40. The monoisotopic (exact) mass is 394 g/mol. The quantitative estimate of drug-likeness (QED) is 0.265. The van der Waals surface area contributed by atoms with Gasteiger partial charge in [0.1, 0.15) is 5.69 Å². The highest BCUT2D eigenvalue weighted by atomic mass is 33.1. The van der Waals surface area contributed by atoms with Crippen molar-refractivity contribution < 1.29 is 19.0 Å². The van der Waals surface area contributed by atoms with Gasteiger partial charge in [-0.3, -0.25) is 4.79 Å². The largest absolute Gasteiger partial charge is 0.618 e. The molecule has 0 aromatic carbocycles. The van der Waals surface area contributed by atoms with Gasteiger partial charge in [-0.25, -0.2) is 4.99 Å². The van der Waals surface area contributed by atoms with Crippen molar-refractivity contribution in [2.24, 2.45) is 4.99 Å². The molecular weight excluding hydrogens is 376 g/mol. The molecule has 8 nitrogen and oxygen atoms in total. The predicted octanol–water partition coefficient (Wildman–Crippen LogP) is 2.63. The molecule has 2 rings (SSSR count). The third-order valence-corrected chi connectivity index (χ3v) is 5.65. The molecule has 0 aliphatic rings. The number of anilines is 1. The Morgan fingerprint density at radius 1 is 1.15 bits per heavy atom. The summed E-state index contributed by atoms with van der Waals surface area (Å²) in [6, 6.07) is 3.26. The summed E-state index contributed by atoms with van der Waals surface area (Å²) < 4.78 is 6.16. The number of hydrogen-bond donors (Lipinski definition) is 1. The Kier molecular flexibility index (Phi) is 6.70. The van der Waals surface area contributed by atoms with Crippen molar-refractivity contribution in [3.05, 3.63) is 46.1 Å². The molecular formula is C16H18N4O4S2. The molecule has 0 spiro atoms. The maximum Gasteiger partial charge on any atom is 0.288 e. The minimum atomic E-state index is -0.286. The lowest BCUT2D eigenvalue weighted by Gasteiger charge is -2.12. The van der Waals surface area contributed by atoms with Crippen molar-refractivity contribution in [2.45, 2.75) is 30.8 Å². The van der Waals surface area contributed by atoms with Gasteiger partial charge in [-0.05, 0) is 25.0 Å². The summed E-state index contributed by atoms with van der Waals surface area (Å²) in [6.45, 7) is 4.97. The number of aliphatic imine (C=N–C) groups is 1. The molecule has 0 bridgehead atoms. The van der Waals surface area contributed by atoms with Gasteiger partial charge < -0.3 is 20.5 Å². The minimum absolute atomic E-state index is 0.272. The standard InChI is InChI=1S/C16H18N4O4S2/c1-10-5-7-19(22)15(13(10)17-9-24-4)25-26-16-14(18-12(3)21)11(2)6-8-20(16)23/h5-9H,1-4H3,(H,18,21). The van der Waals surface area contributed by atoms with E-state index in [4.69, 9.17) is 4.74 Å². The summed E-state index contributed by atoms with van der Waals surface area (Å²) in [5, 5.41) is 27.6. The van der Waals surface area contributed by atoms with Crippen molar-refractivity contribution in [2.75, 3.05) is 12.4 Å². The molecule has 0 saturated carbocycles. The summed E-state index contributed by atoms with van der Waals surface area (Å²) >= 11 is 0. The van der Waals surface area contributed by atoms with E-state index in [9.17, 15) is 15.2 Å². The molecule has 26 heavy (non-hydrogen) atoms. The normalized spacial score (nSPS) is 10.9. The summed E-state index contributed by atoms with van der Waals surface area (Å²) in [6.07, 6.45) is 3.97. The number of rotatable bonds is 6. The number of nitrogens with one attached hydrogen (secondary N) is 1. The number of amides is 1. The van der Waals surface area contributed by atoms with Crippen LogP contribution in [0.5, 0.6) is 0 Å². The molecule has 0 saturated heterocycles. The molecule has 0 unspecified atom stereocenters. The van der Waals surface area contributed by atoms with Gasteiger partial charge in [-0.2, -0.15) is 9.46 Å². The molecule has 2 aromatic heterocycles. The van der Waals surface area contributed by atoms with Gasteiger partial charge in [-0.15, -0.1) is 0 Å². The first-order chi connectivity index (χ1) is 12.3. The average Bonchev–Trinajstić information content (AvgIpc) is 2.59. The Morgan fingerprint density at radius 3 is 2.35 bits per heavy atom. The van der Waals surface area contributed by atoms with Gasteiger partial charge in [0.25, 0.3) is 10.1 Å². The number of methoxy groups -OCH3 is 1. The molecule has 2 heterocycles. The van der Waals surface area contributed by atoms with Crippen LogP contribution in [-0.2, 0) is 9.53 Å². The second-order valence-electron chi connectivity index (χ2n) is 5.30. The van der Waals surface area contributed by atoms with Gasteiger partial charge in [-0.1, -0.05) is 0 Å². The van der Waals surface area contributed by atoms with Gasteiger partial charge in [0.2, 0.25) is 5.91 Å². The van der Waals surface area contributed by atoms with E-state index < -0.39 is 0 Å². The second kappa shape index (κ2) is 8.77. The lowest BCUT2D eigenvalue weighted by atomic mass is 10.2. The van der Waals surface area contributed by atoms with Gasteiger partial charge >= 0.3 is 0 Å². The zero-order chi connectivity index (χ0) is 19.3. The van der Waals surface area contributed by atoms with Crippen molar-refractivity contribution in [1.82, 2.24) is 0 Å². The van der Waals surface area contributed by atoms with E-state index in [1.165, 1.54) is 32.8 Å². The number of carbonyl (C=O) groups is 1. The van der Waals surface area contributed by atoms with Gasteiger partial charge in [0.05, 0.1) is 7.11 Å². The number of hydrogen-bond acceptors (Lipinski definition) is 7. The highest BCUT2D eigenvalue weighted by molar-refractivity contribution is 8.76. The number of pyridine rings is 2. The van der Waals surface area contributed by atoms with E-state index in [1.54, 1.807) is 19.1 Å². The molecule has 0 radical (unpaired) electrons. The van der Waals surface area contributed by atoms with Crippen LogP contribution in [0.1, 0.15) is 18.1 Å². The lowest BCUT2D eigenvalue weighted by molar-refractivity contribution is -0.645. The number of ether oxygens (including phenoxy) is 1. The zero-order valence-electron chi connectivity index (χ0n) is 14.7. The highest BCUT2D eigenvalue weighted by Gasteiger charge is 2.23. The topological polar surface area (TPSA) is 105 Å². The van der Waals surface area contributed by atoms with Crippen molar-refractivity contribution >= 4 is 45.3 Å². The van der Waals surface area contributed by atoms with E-state index in [0.717, 1.165) is 32.7 Å². The minimum Gasteiger partial charge on any atom is -0.618 e. The van der Waals surface area contributed by atoms with Crippen LogP contribution in [0.25, 0.3) is 0 Å². The Morgan fingerprint density at radius 2 is 1.73 bits per heavy atom. The van der Waals surface area contributed by atoms with Crippen LogP contribution >= 0.6 is 21.6 Å². The van der Waals surface area contributed by atoms with Gasteiger partial charge in [0, 0.05) is 40.6 Å². The Hall–Kier alpha value is -2.46. The van der Waals surface area contributed by atoms with Gasteiger partial charge in [0.15, 0.2) is 24.5 Å². The molecule has 2 aromatic rings. The van der Waals surface area contributed by atoms with Crippen LogP contribution in [0, 0.1) is 24.3 Å². The molecule has 1 amide bonds. The predicted molar refractivity (Wildman–Crippen MR) is 101 cm³/mol. The van der Waals surface area contributed by atoms with E-state index in [1.807, 2.05) is 6.92 Å². The van der Waals surface area contributed by atoms with Crippen molar-refractivity contribution in [3.63, 3.8) is 0 Å². The molecule has 0 aliphatic heterocycles. The number of nitrogens with zero attached hydrogens (tertiary/aromatic N) is 3. The molecule has 10 heteroatoms. The van der Waals surface area contributed by atoms with Crippen molar-refractivity contribution in [1.29, 1.82) is 0 Å². The lowest BCUT2D eigenvalue weighted by Crippen LogP contribution is -2.31. The molecule has 1 N–H and O–H groups in total. The Bertz CT molecular complexity index is 859. The van der Waals surface area contributed by atoms with Crippen LogP contribution in [0.3, 0.4) is 0 Å². The van der Waals surface area contributed by atoms with Crippen LogP contribution in [-0.4, -0.2) is 19.4 Å². The fourth-order valence-electron chi connectivity index (χ4n) is 2.03. The summed E-state index contributed by atoms with van der Waals surface area (Å²) in [5.74, 6) is -0.286. The van der Waals surface area contributed by atoms with Crippen LogP contribution in [0.15, 0.2) is 39.6 Å². The molecule has 0 atom stereocenters. The summed E-state index contributed by atoms with van der Waals surface area (Å²) in [4.78, 5) is 15.6. The zero-order valence-corrected chi connectivity index (χ0v) is 16.3. The molecule has 0 aliphatic carbocycles. The first-order valence-corrected chi connectivity index (χ1v) is 9.63. The number of carbonyl (C=O) groups excluding carboxylic acids is 1. The fourth-order valence-corrected chi connectivity index (χ4v) is 4.45. The maximum absolute atomic E-state index is 12.2. The Labute approximate surface area is 158 Å². The Balaban J connectivity index is 2.41. The summed E-state index contributed by atoms with van der Waals surface area (Å²) in [7, 11) is 3.61. The first-order valence-electron chi connectivity index (χ1n) is 7.48. The SMILES string of the molecule is COC=Nc1c(C)cc[n+]([O-])c1SSc1c(NC(C)=O)c(C)cc[n+]1[O-].